The van der Waals surface area contributed by atoms with E-state index in [2.05, 4.69) is 16.3 Å². The molecule has 0 bridgehead atoms. The first-order valence-corrected chi connectivity index (χ1v) is 10.5. The molecule has 144 valence electrons. The number of carbonyl (C=O) groups excluding carboxylic acids is 1. The Morgan fingerprint density at radius 2 is 1.39 bits per heavy atom. The number of hydrogen-bond acceptors (Lipinski definition) is 5. The van der Waals surface area contributed by atoms with Gasteiger partial charge < -0.3 is 14.3 Å². The SMILES string of the molecule is O=C(c1ccccc1)c1ccccc1[N+](=O)[O-].OP(O)(=S)Oc1ccccc1. The molecule has 0 fully saturated rings. The second kappa shape index (κ2) is 9.87. The highest BCUT2D eigenvalue weighted by atomic mass is 32.5. The Morgan fingerprint density at radius 1 is 0.893 bits per heavy atom. The third kappa shape index (κ3) is 6.68. The lowest BCUT2D eigenvalue weighted by molar-refractivity contribution is -0.385. The molecule has 7 nitrogen and oxygen atoms in total. The van der Waals surface area contributed by atoms with Crippen LogP contribution < -0.4 is 4.52 Å². The van der Waals surface area contributed by atoms with E-state index in [1.165, 1.54) is 12.1 Å². The monoisotopic (exact) mass is 417 g/mol. The number of carbonyl (C=O) groups is 1. The van der Waals surface area contributed by atoms with Gasteiger partial charge in [-0.2, -0.15) is 0 Å². The van der Waals surface area contributed by atoms with Gasteiger partial charge in [0.25, 0.3) is 5.69 Å². The van der Waals surface area contributed by atoms with Gasteiger partial charge in [0.1, 0.15) is 11.3 Å². The Hall–Kier alpha value is -2.90. The number of para-hydroxylation sites is 2. The molecule has 3 aromatic carbocycles. The molecular weight excluding hydrogens is 401 g/mol. The van der Waals surface area contributed by atoms with Gasteiger partial charge in [0.15, 0.2) is 5.78 Å². The van der Waals surface area contributed by atoms with Crippen molar-refractivity contribution in [2.75, 3.05) is 0 Å². The molecule has 0 radical (unpaired) electrons. The Kier molecular flexibility index (Phi) is 7.54. The molecule has 3 aromatic rings. The lowest BCUT2D eigenvalue weighted by Gasteiger charge is -2.08. The zero-order chi connectivity index (χ0) is 20.6. The summed E-state index contributed by atoms with van der Waals surface area (Å²) >= 11 is 4.27. The Labute approximate surface area is 166 Å². The van der Waals surface area contributed by atoms with E-state index in [-0.39, 0.29) is 17.0 Å². The first-order chi connectivity index (χ1) is 13.3. The lowest BCUT2D eigenvalue weighted by atomic mass is 10.0. The lowest BCUT2D eigenvalue weighted by Crippen LogP contribution is -2.04. The highest BCUT2D eigenvalue weighted by Crippen LogP contribution is 2.37. The van der Waals surface area contributed by atoms with Crippen LogP contribution in [0.25, 0.3) is 0 Å². The molecule has 3 rings (SSSR count). The third-order valence-electron chi connectivity index (χ3n) is 3.35. The van der Waals surface area contributed by atoms with E-state index in [0.717, 1.165) is 0 Å². The average molecular weight is 417 g/mol. The van der Waals surface area contributed by atoms with Gasteiger partial charge in [0.2, 0.25) is 0 Å². The molecule has 0 aliphatic carbocycles. The molecule has 0 saturated heterocycles. The van der Waals surface area contributed by atoms with E-state index >= 15 is 0 Å². The fourth-order valence-corrected chi connectivity index (χ4v) is 2.84. The van der Waals surface area contributed by atoms with Crippen molar-refractivity contribution >= 4 is 30.0 Å². The number of nitrogens with zero attached hydrogens (tertiary/aromatic N) is 1. The molecule has 0 unspecified atom stereocenters. The van der Waals surface area contributed by atoms with E-state index in [1.807, 2.05) is 0 Å². The summed E-state index contributed by atoms with van der Waals surface area (Å²) in [6, 6.07) is 22.9. The second-order valence-electron chi connectivity index (χ2n) is 5.36. The summed E-state index contributed by atoms with van der Waals surface area (Å²) in [6.07, 6.45) is 0. The smallest absolute Gasteiger partial charge is 0.375 e. The number of benzene rings is 3. The quantitative estimate of drug-likeness (QED) is 0.278. The van der Waals surface area contributed by atoms with Crippen LogP contribution in [0.5, 0.6) is 5.75 Å². The minimum absolute atomic E-state index is 0.115. The van der Waals surface area contributed by atoms with Crippen molar-refractivity contribution < 1.29 is 24.0 Å². The molecule has 28 heavy (non-hydrogen) atoms. The van der Waals surface area contributed by atoms with Gasteiger partial charge in [-0.1, -0.05) is 60.7 Å². The van der Waals surface area contributed by atoms with Crippen molar-refractivity contribution in [3.8, 4) is 5.75 Å². The largest absolute Gasteiger partial charge is 0.424 e. The van der Waals surface area contributed by atoms with Crippen LogP contribution in [0.2, 0.25) is 0 Å². The van der Waals surface area contributed by atoms with Crippen LogP contribution in [0.15, 0.2) is 84.9 Å². The van der Waals surface area contributed by atoms with E-state index < -0.39 is 11.6 Å². The van der Waals surface area contributed by atoms with E-state index in [9.17, 15) is 14.9 Å². The van der Waals surface area contributed by atoms with Gasteiger partial charge in [-0.3, -0.25) is 14.9 Å². The van der Waals surface area contributed by atoms with E-state index in [1.54, 1.807) is 72.8 Å². The summed E-state index contributed by atoms with van der Waals surface area (Å²) in [5.41, 5.74) is 0.395. The first-order valence-electron chi connectivity index (χ1n) is 7.91. The number of nitro benzene ring substituents is 1. The molecule has 2 N–H and O–H groups in total. The van der Waals surface area contributed by atoms with Crippen LogP contribution in [-0.4, -0.2) is 20.5 Å². The second-order valence-corrected chi connectivity index (χ2v) is 7.96. The van der Waals surface area contributed by atoms with Gasteiger partial charge in [0, 0.05) is 23.4 Å². The molecule has 0 amide bonds. The molecule has 0 atom stereocenters. The van der Waals surface area contributed by atoms with Gasteiger partial charge in [-0.05, 0) is 18.2 Å². The summed E-state index contributed by atoms with van der Waals surface area (Å²) in [6.45, 7) is -3.55. The summed E-state index contributed by atoms with van der Waals surface area (Å²) in [7, 11) is 0. The fourth-order valence-electron chi connectivity index (χ4n) is 2.19. The van der Waals surface area contributed by atoms with Crippen LogP contribution >= 0.6 is 6.72 Å². The first kappa shape index (κ1) is 21.4. The van der Waals surface area contributed by atoms with Crippen molar-refractivity contribution in [3.63, 3.8) is 0 Å². The minimum Gasteiger partial charge on any atom is -0.424 e. The fraction of sp³-hybridized carbons (Fsp3) is 0. The Balaban J connectivity index is 0.000000221. The molecule has 0 spiro atoms. The Morgan fingerprint density at radius 3 is 1.93 bits per heavy atom. The standard InChI is InChI=1S/C13H9NO3.C6H7O3PS/c15-13(10-6-2-1-3-7-10)11-8-4-5-9-12(11)14(16)17;7-10(8,11)9-6-4-2-1-3-5-6/h1-9H;1-5H,(H2,7,8,11). The van der Waals surface area contributed by atoms with Gasteiger partial charge in [-0.25, -0.2) is 0 Å². The van der Waals surface area contributed by atoms with Gasteiger partial charge in [-0.15, -0.1) is 0 Å². The Bertz CT molecular complexity index is 992. The van der Waals surface area contributed by atoms with Crippen molar-refractivity contribution in [1.82, 2.24) is 0 Å². The maximum atomic E-state index is 12.1. The summed E-state index contributed by atoms with van der Waals surface area (Å²) in [5.74, 6) is 0.0405. The molecular formula is C19H16NO6PS. The number of rotatable bonds is 5. The normalized spacial score (nSPS) is 10.4. The zero-order valence-electron chi connectivity index (χ0n) is 14.4. The number of nitro groups is 1. The van der Waals surface area contributed by atoms with Crippen LogP contribution in [0.3, 0.4) is 0 Å². The molecule has 0 aromatic heterocycles. The van der Waals surface area contributed by atoms with Crippen molar-refractivity contribution in [1.29, 1.82) is 0 Å². The van der Waals surface area contributed by atoms with Crippen LogP contribution in [0.1, 0.15) is 15.9 Å². The van der Waals surface area contributed by atoms with E-state index in [4.69, 9.17) is 9.79 Å². The highest BCUT2D eigenvalue weighted by Gasteiger charge is 2.19. The van der Waals surface area contributed by atoms with Crippen LogP contribution in [-0.2, 0) is 11.8 Å². The van der Waals surface area contributed by atoms with Crippen LogP contribution in [0.4, 0.5) is 5.69 Å². The molecule has 9 heteroatoms. The number of ketones is 1. The highest BCUT2D eigenvalue weighted by molar-refractivity contribution is 8.06. The van der Waals surface area contributed by atoms with E-state index in [0.29, 0.717) is 11.3 Å². The predicted molar refractivity (Wildman–Crippen MR) is 109 cm³/mol. The van der Waals surface area contributed by atoms with Gasteiger partial charge in [0.05, 0.1) is 4.92 Å². The van der Waals surface area contributed by atoms with Crippen LogP contribution in [0, 0.1) is 10.1 Å². The summed E-state index contributed by atoms with van der Waals surface area (Å²) in [4.78, 5) is 39.8. The molecule has 0 aliphatic heterocycles. The average Bonchev–Trinajstić information content (AvgIpc) is 2.68. The summed E-state index contributed by atoms with van der Waals surface area (Å²) < 4.78 is 4.64. The minimum atomic E-state index is -3.55. The number of hydrogen-bond donors (Lipinski definition) is 2. The molecule has 0 heterocycles. The topological polar surface area (TPSA) is 110 Å². The van der Waals surface area contributed by atoms with Crippen molar-refractivity contribution in [3.05, 3.63) is 106 Å². The molecule has 0 aliphatic rings. The van der Waals surface area contributed by atoms with Gasteiger partial charge >= 0.3 is 6.72 Å². The molecule has 0 saturated carbocycles. The van der Waals surface area contributed by atoms with Crippen molar-refractivity contribution in [2.45, 2.75) is 0 Å². The third-order valence-corrected chi connectivity index (χ3v) is 4.02. The zero-order valence-corrected chi connectivity index (χ0v) is 16.1. The maximum Gasteiger partial charge on any atom is 0.375 e. The van der Waals surface area contributed by atoms with Crippen molar-refractivity contribution in [2.24, 2.45) is 0 Å². The maximum absolute atomic E-state index is 12.1. The predicted octanol–water partition coefficient (Wildman–Crippen LogP) is 4.10. The summed E-state index contributed by atoms with van der Waals surface area (Å²) in [5, 5.41) is 10.8.